The van der Waals surface area contributed by atoms with Crippen LogP contribution in [0.1, 0.15) is 26.7 Å². The summed E-state index contributed by atoms with van der Waals surface area (Å²) in [5, 5.41) is 2.96. The number of carbonyl (C=O) groups is 1. The minimum Gasteiger partial charge on any atom is -0.381 e. The molecule has 0 aromatic rings. The summed E-state index contributed by atoms with van der Waals surface area (Å²) in [5.74, 6) is 0.528. The summed E-state index contributed by atoms with van der Waals surface area (Å²) in [5.41, 5.74) is 0. The first-order valence-corrected chi connectivity index (χ1v) is 5.69. The molecule has 0 radical (unpaired) electrons. The molecule has 15 heavy (non-hydrogen) atoms. The first kappa shape index (κ1) is 12.5. The lowest BCUT2D eigenvalue weighted by atomic mass is 9.93. The largest absolute Gasteiger partial charge is 0.381 e. The molecule has 1 fully saturated rings. The molecule has 0 spiro atoms. The second-order valence-corrected chi connectivity index (χ2v) is 3.94. The van der Waals surface area contributed by atoms with Gasteiger partial charge in [-0.1, -0.05) is 0 Å². The topological polar surface area (TPSA) is 47.6 Å². The third-order valence-electron chi connectivity index (χ3n) is 2.80. The Morgan fingerprint density at radius 3 is 2.80 bits per heavy atom. The molecular weight excluding hydrogens is 194 g/mol. The minimum atomic E-state index is -0.0177. The van der Waals surface area contributed by atoms with Crippen molar-refractivity contribution in [2.75, 3.05) is 26.4 Å². The smallest absolute Gasteiger partial charge is 0.246 e. The van der Waals surface area contributed by atoms with Gasteiger partial charge < -0.3 is 14.8 Å². The van der Waals surface area contributed by atoms with E-state index in [4.69, 9.17) is 9.47 Å². The van der Waals surface area contributed by atoms with Gasteiger partial charge in [0.2, 0.25) is 5.91 Å². The quantitative estimate of drug-likeness (QED) is 0.743. The van der Waals surface area contributed by atoms with Crippen molar-refractivity contribution >= 4 is 5.91 Å². The van der Waals surface area contributed by atoms with Crippen molar-refractivity contribution in [2.24, 2.45) is 5.92 Å². The summed E-state index contributed by atoms with van der Waals surface area (Å²) < 4.78 is 10.3. The van der Waals surface area contributed by atoms with E-state index in [0.29, 0.717) is 12.5 Å². The van der Waals surface area contributed by atoms with Crippen LogP contribution in [0.25, 0.3) is 0 Å². The Labute approximate surface area is 91.3 Å². The standard InChI is InChI=1S/C11H21NO3/c1-3-14-8-11(13)12-9(2)10-4-6-15-7-5-10/h9-10H,3-8H2,1-2H3,(H,12,13). The fourth-order valence-electron chi connectivity index (χ4n) is 1.82. The van der Waals surface area contributed by atoms with Crippen molar-refractivity contribution in [3.63, 3.8) is 0 Å². The van der Waals surface area contributed by atoms with Crippen molar-refractivity contribution < 1.29 is 14.3 Å². The van der Waals surface area contributed by atoms with Crippen molar-refractivity contribution in [3.8, 4) is 0 Å². The number of amides is 1. The fourth-order valence-corrected chi connectivity index (χ4v) is 1.82. The Bertz CT molecular complexity index is 190. The average molecular weight is 215 g/mol. The molecule has 1 aliphatic rings. The molecule has 88 valence electrons. The molecule has 1 atom stereocenters. The zero-order chi connectivity index (χ0) is 11.1. The number of carbonyl (C=O) groups excluding carboxylic acids is 1. The molecule has 1 N–H and O–H groups in total. The van der Waals surface area contributed by atoms with Gasteiger partial charge in [-0.3, -0.25) is 4.79 Å². The van der Waals surface area contributed by atoms with Gasteiger partial charge in [0.1, 0.15) is 6.61 Å². The highest BCUT2D eigenvalue weighted by Gasteiger charge is 2.21. The molecule has 4 heteroatoms. The lowest BCUT2D eigenvalue weighted by Crippen LogP contribution is -2.41. The first-order valence-electron chi connectivity index (χ1n) is 5.69. The number of rotatable bonds is 5. The van der Waals surface area contributed by atoms with E-state index >= 15 is 0 Å². The Morgan fingerprint density at radius 1 is 1.53 bits per heavy atom. The van der Waals surface area contributed by atoms with Crippen LogP contribution in [0.3, 0.4) is 0 Å². The molecule has 1 rings (SSSR count). The van der Waals surface area contributed by atoms with Crippen LogP contribution in [0.5, 0.6) is 0 Å². The van der Waals surface area contributed by atoms with Crippen molar-refractivity contribution in [1.29, 1.82) is 0 Å². The highest BCUT2D eigenvalue weighted by atomic mass is 16.5. The van der Waals surface area contributed by atoms with E-state index in [-0.39, 0.29) is 18.6 Å². The monoisotopic (exact) mass is 215 g/mol. The van der Waals surface area contributed by atoms with E-state index in [1.165, 1.54) is 0 Å². The van der Waals surface area contributed by atoms with E-state index < -0.39 is 0 Å². The molecule has 1 aliphatic heterocycles. The summed E-state index contributed by atoms with van der Waals surface area (Å²) in [6.45, 7) is 6.32. The molecular formula is C11H21NO3. The molecule has 4 nitrogen and oxygen atoms in total. The van der Waals surface area contributed by atoms with Crippen molar-refractivity contribution in [1.82, 2.24) is 5.32 Å². The Hall–Kier alpha value is -0.610. The zero-order valence-corrected chi connectivity index (χ0v) is 9.62. The van der Waals surface area contributed by atoms with E-state index in [0.717, 1.165) is 26.1 Å². The third-order valence-corrected chi connectivity index (χ3v) is 2.80. The Kier molecular flexibility index (Phi) is 5.65. The number of nitrogens with one attached hydrogen (secondary N) is 1. The number of ether oxygens (including phenoxy) is 2. The molecule has 1 saturated heterocycles. The second kappa shape index (κ2) is 6.80. The molecule has 1 heterocycles. The van der Waals surface area contributed by atoms with Crippen LogP contribution in [0, 0.1) is 5.92 Å². The summed E-state index contributed by atoms with van der Waals surface area (Å²) in [6.07, 6.45) is 2.08. The SMILES string of the molecule is CCOCC(=O)NC(C)C1CCOCC1. The van der Waals surface area contributed by atoms with Gasteiger partial charge in [-0.15, -0.1) is 0 Å². The van der Waals surface area contributed by atoms with Crippen molar-refractivity contribution in [2.45, 2.75) is 32.7 Å². The van der Waals surface area contributed by atoms with Crippen LogP contribution >= 0.6 is 0 Å². The van der Waals surface area contributed by atoms with E-state index in [2.05, 4.69) is 12.2 Å². The third kappa shape index (κ3) is 4.62. The highest BCUT2D eigenvalue weighted by Crippen LogP contribution is 2.18. The molecule has 0 aliphatic carbocycles. The van der Waals surface area contributed by atoms with Crippen LogP contribution in [-0.2, 0) is 14.3 Å². The Morgan fingerprint density at radius 2 is 2.20 bits per heavy atom. The van der Waals surface area contributed by atoms with Crippen LogP contribution < -0.4 is 5.32 Å². The van der Waals surface area contributed by atoms with Gasteiger partial charge in [0.15, 0.2) is 0 Å². The lowest BCUT2D eigenvalue weighted by Gasteiger charge is -2.28. The average Bonchev–Trinajstić information content (AvgIpc) is 2.27. The van der Waals surface area contributed by atoms with E-state index in [1.54, 1.807) is 0 Å². The molecule has 0 aromatic carbocycles. The summed E-state index contributed by atoms with van der Waals surface area (Å²) in [7, 11) is 0. The second-order valence-electron chi connectivity index (χ2n) is 3.94. The van der Waals surface area contributed by atoms with Gasteiger partial charge in [-0.25, -0.2) is 0 Å². The predicted octanol–water partition coefficient (Wildman–Crippen LogP) is 0.954. The summed E-state index contributed by atoms with van der Waals surface area (Å²) >= 11 is 0. The van der Waals surface area contributed by atoms with Crippen LogP contribution in [0.4, 0.5) is 0 Å². The summed E-state index contributed by atoms with van der Waals surface area (Å²) in [6, 6.07) is 0.224. The normalized spacial score (nSPS) is 19.9. The van der Waals surface area contributed by atoms with E-state index in [1.807, 2.05) is 6.92 Å². The van der Waals surface area contributed by atoms with Crippen LogP contribution in [-0.4, -0.2) is 38.4 Å². The maximum absolute atomic E-state index is 11.4. The minimum absolute atomic E-state index is 0.0177. The van der Waals surface area contributed by atoms with Crippen LogP contribution in [0.15, 0.2) is 0 Å². The zero-order valence-electron chi connectivity index (χ0n) is 9.62. The number of hydrogen-bond donors (Lipinski definition) is 1. The molecule has 0 bridgehead atoms. The van der Waals surface area contributed by atoms with Gasteiger partial charge in [0, 0.05) is 25.9 Å². The maximum Gasteiger partial charge on any atom is 0.246 e. The van der Waals surface area contributed by atoms with Gasteiger partial charge in [0.25, 0.3) is 0 Å². The fraction of sp³-hybridized carbons (Fsp3) is 0.909. The predicted molar refractivity (Wildman–Crippen MR) is 57.6 cm³/mol. The Balaban J connectivity index is 2.21. The van der Waals surface area contributed by atoms with Crippen LogP contribution in [0.2, 0.25) is 0 Å². The molecule has 0 aromatic heterocycles. The maximum atomic E-state index is 11.4. The van der Waals surface area contributed by atoms with Gasteiger partial charge in [-0.05, 0) is 32.6 Å². The van der Waals surface area contributed by atoms with Gasteiger partial charge >= 0.3 is 0 Å². The highest BCUT2D eigenvalue weighted by molar-refractivity contribution is 5.77. The van der Waals surface area contributed by atoms with E-state index in [9.17, 15) is 4.79 Å². The number of hydrogen-bond acceptors (Lipinski definition) is 3. The van der Waals surface area contributed by atoms with Crippen molar-refractivity contribution in [3.05, 3.63) is 0 Å². The van der Waals surface area contributed by atoms with Gasteiger partial charge in [0.05, 0.1) is 0 Å². The summed E-state index contributed by atoms with van der Waals surface area (Å²) in [4.78, 5) is 11.4. The molecule has 1 unspecified atom stereocenters. The molecule has 1 amide bonds. The lowest BCUT2D eigenvalue weighted by molar-refractivity contribution is -0.126. The van der Waals surface area contributed by atoms with Gasteiger partial charge in [-0.2, -0.15) is 0 Å². The first-order chi connectivity index (χ1) is 7.24. The molecule has 0 saturated carbocycles.